The zero-order chi connectivity index (χ0) is 17.1. The molecule has 4 heteroatoms. The van der Waals surface area contributed by atoms with Crippen LogP contribution in [0.25, 0.3) is 22.5 Å². The fourth-order valence-electron chi connectivity index (χ4n) is 2.78. The van der Waals surface area contributed by atoms with Gasteiger partial charge >= 0.3 is 5.97 Å². The first kappa shape index (κ1) is 16.0. The van der Waals surface area contributed by atoms with E-state index in [1.165, 1.54) is 5.56 Å². The number of nitrogens with zero attached hydrogens (tertiary/aromatic N) is 2. The molecule has 0 fully saturated rings. The topological polar surface area (TPSA) is 44.1 Å². The molecule has 2 heterocycles. The van der Waals surface area contributed by atoms with E-state index in [1.807, 2.05) is 35.9 Å². The zero-order valence-corrected chi connectivity index (χ0v) is 14.1. The summed E-state index contributed by atoms with van der Waals surface area (Å²) in [5.41, 5.74) is 5.46. The Balaban J connectivity index is 2.21. The summed E-state index contributed by atoms with van der Waals surface area (Å²) < 4.78 is 7.07. The van der Waals surface area contributed by atoms with Crippen molar-refractivity contribution in [2.24, 2.45) is 7.05 Å². The Hall–Kier alpha value is -2.88. The maximum Gasteiger partial charge on any atom is 0.354 e. The second kappa shape index (κ2) is 6.71. The summed E-state index contributed by atoms with van der Waals surface area (Å²) in [6, 6.07) is 15.9. The molecule has 4 nitrogen and oxygen atoms in total. The Morgan fingerprint density at radius 3 is 2.54 bits per heavy atom. The van der Waals surface area contributed by atoms with Gasteiger partial charge in [0.25, 0.3) is 0 Å². The fraction of sp³-hybridized carbons (Fsp3) is 0.200. The summed E-state index contributed by atoms with van der Waals surface area (Å²) in [6.07, 6.45) is 1.76. The van der Waals surface area contributed by atoms with Gasteiger partial charge in [-0.25, -0.2) is 4.79 Å². The van der Waals surface area contributed by atoms with Crippen LogP contribution in [0.3, 0.4) is 0 Å². The number of carbonyl (C=O) groups excluding carboxylic acids is 1. The number of hydrogen-bond donors (Lipinski definition) is 0. The van der Waals surface area contributed by atoms with Crippen molar-refractivity contribution in [2.75, 3.05) is 6.61 Å². The minimum atomic E-state index is -0.324. The second-order valence-electron chi connectivity index (χ2n) is 5.65. The van der Waals surface area contributed by atoms with Crippen molar-refractivity contribution >= 4 is 5.97 Å². The highest BCUT2D eigenvalue weighted by Gasteiger charge is 2.21. The quantitative estimate of drug-likeness (QED) is 0.675. The molecule has 0 bridgehead atoms. The van der Waals surface area contributed by atoms with E-state index in [0.717, 1.165) is 22.5 Å². The molecule has 122 valence electrons. The normalized spacial score (nSPS) is 10.6. The summed E-state index contributed by atoms with van der Waals surface area (Å²) in [7, 11) is 1.88. The smallest absolute Gasteiger partial charge is 0.354 e. The van der Waals surface area contributed by atoms with Gasteiger partial charge < -0.3 is 9.30 Å². The number of pyridine rings is 1. The van der Waals surface area contributed by atoms with Crippen LogP contribution in [0.2, 0.25) is 0 Å². The highest BCUT2D eigenvalue weighted by molar-refractivity contribution is 5.94. The van der Waals surface area contributed by atoms with Crippen molar-refractivity contribution in [1.29, 1.82) is 0 Å². The average Bonchev–Trinajstić information content (AvgIpc) is 2.94. The molecule has 0 aliphatic carbocycles. The Bertz CT molecular complexity index is 849. The Labute approximate surface area is 141 Å². The van der Waals surface area contributed by atoms with Crippen LogP contribution in [-0.2, 0) is 11.8 Å². The number of carbonyl (C=O) groups is 1. The molecule has 3 rings (SSSR count). The standard InChI is InChI=1S/C20H20N2O2/c1-4-24-20(23)18-13-16(17-7-5-6-12-21-17)19(22(18)3)15-10-8-14(2)9-11-15/h5-13H,4H2,1-3H3. The SMILES string of the molecule is CCOC(=O)c1cc(-c2ccccn2)c(-c2ccc(C)cc2)n1C. The fourth-order valence-corrected chi connectivity index (χ4v) is 2.78. The lowest BCUT2D eigenvalue weighted by atomic mass is 10.0. The third-order valence-electron chi connectivity index (χ3n) is 3.98. The molecule has 1 aromatic carbocycles. The second-order valence-corrected chi connectivity index (χ2v) is 5.65. The van der Waals surface area contributed by atoms with Crippen LogP contribution in [0, 0.1) is 6.92 Å². The van der Waals surface area contributed by atoms with Gasteiger partial charge in [0.1, 0.15) is 5.69 Å². The first-order valence-electron chi connectivity index (χ1n) is 7.97. The van der Waals surface area contributed by atoms with Gasteiger partial charge in [0.05, 0.1) is 18.0 Å². The predicted molar refractivity (Wildman–Crippen MR) is 94.8 cm³/mol. The lowest BCUT2D eigenvalue weighted by molar-refractivity contribution is 0.0515. The van der Waals surface area contributed by atoms with Crippen LogP contribution in [-0.4, -0.2) is 22.1 Å². The van der Waals surface area contributed by atoms with Gasteiger partial charge in [0.2, 0.25) is 0 Å². The van der Waals surface area contributed by atoms with Crippen LogP contribution in [0.15, 0.2) is 54.7 Å². The largest absolute Gasteiger partial charge is 0.461 e. The molecule has 24 heavy (non-hydrogen) atoms. The van der Waals surface area contributed by atoms with Crippen LogP contribution < -0.4 is 0 Å². The zero-order valence-electron chi connectivity index (χ0n) is 14.1. The van der Waals surface area contributed by atoms with E-state index in [2.05, 4.69) is 36.2 Å². The molecule has 0 unspecified atom stereocenters. The lowest BCUT2D eigenvalue weighted by Gasteiger charge is -2.10. The van der Waals surface area contributed by atoms with Gasteiger partial charge in [-0.05, 0) is 37.6 Å². The van der Waals surface area contributed by atoms with Crippen molar-refractivity contribution in [3.8, 4) is 22.5 Å². The van der Waals surface area contributed by atoms with Gasteiger partial charge in [-0.3, -0.25) is 4.98 Å². The van der Waals surface area contributed by atoms with Crippen LogP contribution in [0.1, 0.15) is 23.0 Å². The number of benzene rings is 1. The Morgan fingerprint density at radius 1 is 1.17 bits per heavy atom. The van der Waals surface area contributed by atoms with Crippen molar-refractivity contribution in [3.05, 3.63) is 66.0 Å². The van der Waals surface area contributed by atoms with Crippen LogP contribution in [0.5, 0.6) is 0 Å². The molecule has 0 aliphatic rings. The van der Waals surface area contributed by atoms with Gasteiger partial charge in [0, 0.05) is 18.8 Å². The van der Waals surface area contributed by atoms with Crippen molar-refractivity contribution < 1.29 is 9.53 Å². The van der Waals surface area contributed by atoms with E-state index >= 15 is 0 Å². The number of esters is 1. The molecular formula is C20H20N2O2. The molecule has 0 aliphatic heterocycles. The predicted octanol–water partition coefficient (Wildman–Crippen LogP) is 4.24. The van der Waals surface area contributed by atoms with Gasteiger partial charge in [0.15, 0.2) is 0 Å². The van der Waals surface area contributed by atoms with E-state index in [0.29, 0.717) is 12.3 Å². The van der Waals surface area contributed by atoms with Crippen molar-refractivity contribution in [1.82, 2.24) is 9.55 Å². The highest BCUT2D eigenvalue weighted by Crippen LogP contribution is 2.34. The number of rotatable bonds is 4. The number of aryl methyl sites for hydroxylation is 1. The molecule has 3 aromatic rings. The minimum absolute atomic E-state index is 0.324. The van der Waals surface area contributed by atoms with Crippen LogP contribution in [0.4, 0.5) is 0 Å². The first-order valence-corrected chi connectivity index (χ1v) is 7.97. The summed E-state index contributed by atoms with van der Waals surface area (Å²) >= 11 is 0. The van der Waals surface area contributed by atoms with E-state index in [9.17, 15) is 4.79 Å². The van der Waals surface area contributed by atoms with Gasteiger partial charge in [-0.1, -0.05) is 35.9 Å². The van der Waals surface area contributed by atoms with Crippen molar-refractivity contribution in [2.45, 2.75) is 13.8 Å². The summed E-state index contributed by atoms with van der Waals surface area (Å²) in [6.45, 7) is 4.21. The summed E-state index contributed by atoms with van der Waals surface area (Å²) in [5.74, 6) is -0.324. The maximum absolute atomic E-state index is 12.3. The Kier molecular flexibility index (Phi) is 4.47. The monoisotopic (exact) mass is 320 g/mol. The minimum Gasteiger partial charge on any atom is -0.461 e. The molecular weight excluding hydrogens is 300 g/mol. The van der Waals surface area contributed by atoms with E-state index in [-0.39, 0.29) is 5.97 Å². The number of ether oxygens (including phenoxy) is 1. The number of aromatic nitrogens is 2. The first-order chi connectivity index (χ1) is 11.6. The third-order valence-corrected chi connectivity index (χ3v) is 3.98. The molecule has 0 spiro atoms. The summed E-state index contributed by atoms with van der Waals surface area (Å²) in [5, 5.41) is 0. The Morgan fingerprint density at radius 2 is 1.92 bits per heavy atom. The molecule has 0 saturated heterocycles. The molecule has 0 N–H and O–H groups in total. The maximum atomic E-state index is 12.3. The van der Waals surface area contributed by atoms with E-state index in [4.69, 9.17) is 4.74 Å². The summed E-state index contributed by atoms with van der Waals surface area (Å²) in [4.78, 5) is 16.7. The molecule has 0 atom stereocenters. The lowest BCUT2D eigenvalue weighted by Crippen LogP contribution is -2.10. The molecule has 0 saturated carbocycles. The highest BCUT2D eigenvalue weighted by atomic mass is 16.5. The molecule has 2 aromatic heterocycles. The molecule has 0 amide bonds. The van der Waals surface area contributed by atoms with E-state index in [1.54, 1.807) is 13.1 Å². The average molecular weight is 320 g/mol. The van der Waals surface area contributed by atoms with Gasteiger partial charge in [-0.15, -0.1) is 0 Å². The third kappa shape index (κ3) is 2.95. The number of hydrogen-bond acceptors (Lipinski definition) is 3. The van der Waals surface area contributed by atoms with Crippen molar-refractivity contribution in [3.63, 3.8) is 0 Å². The van der Waals surface area contributed by atoms with E-state index < -0.39 is 0 Å². The van der Waals surface area contributed by atoms with Crippen LogP contribution >= 0.6 is 0 Å². The van der Waals surface area contributed by atoms with Gasteiger partial charge in [-0.2, -0.15) is 0 Å². The molecule has 0 radical (unpaired) electrons.